The molecule has 0 saturated carbocycles. The third-order valence-corrected chi connectivity index (χ3v) is 5.32. The summed E-state index contributed by atoms with van der Waals surface area (Å²) in [6.45, 7) is 1.87. The van der Waals surface area contributed by atoms with E-state index in [0.717, 1.165) is 5.56 Å². The maximum Gasteiger partial charge on any atom is 0.295 e. The first-order chi connectivity index (χ1) is 14.4. The Morgan fingerprint density at radius 1 is 1.00 bits per heavy atom. The lowest BCUT2D eigenvalue weighted by atomic mass is 9.97. The summed E-state index contributed by atoms with van der Waals surface area (Å²) in [5.74, 6) is -0.973. The van der Waals surface area contributed by atoms with Crippen molar-refractivity contribution in [2.75, 3.05) is 4.90 Å². The molecule has 0 aliphatic carbocycles. The molecule has 1 aliphatic rings. The zero-order chi connectivity index (χ0) is 21.0. The van der Waals surface area contributed by atoms with Crippen LogP contribution in [0.15, 0.2) is 75.9 Å². The van der Waals surface area contributed by atoms with Gasteiger partial charge in [-0.1, -0.05) is 23.8 Å². The highest BCUT2D eigenvalue weighted by Crippen LogP contribution is 2.41. The van der Waals surface area contributed by atoms with Crippen molar-refractivity contribution >= 4 is 22.6 Å². The average Bonchev–Trinajstić information content (AvgIpc) is 3.02. The van der Waals surface area contributed by atoms with Crippen LogP contribution in [0.4, 0.5) is 10.1 Å². The fraction of sp³-hybridized carbons (Fsp3) is 0.0833. The number of nitrogens with zero attached hydrogens (tertiary/aromatic N) is 1. The molecule has 0 spiro atoms. The van der Waals surface area contributed by atoms with E-state index in [4.69, 9.17) is 4.42 Å². The number of benzene rings is 3. The smallest absolute Gasteiger partial charge is 0.295 e. The van der Waals surface area contributed by atoms with Gasteiger partial charge >= 0.3 is 0 Å². The number of halogens is 1. The highest BCUT2D eigenvalue weighted by atomic mass is 19.1. The number of hydrogen-bond acceptors (Lipinski definition) is 4. The van der Waals surface area contributed by atoms with Crippen LogP contribution < -0.4 is 10.3 Å². The fourth-order valence-electron chi connectivity index (χ4n) is 3.96. The lowest BCUT2D eigenvalue weighted by Crippen LogP contribution is -2.29. The van der Waals surface area contributed by atoms with E-state index < -0.39 is 17.8 Å². The van der Waals surface area contributed by atoms with Gasteiger partial charge in [0.1, 0.15) is 17.1 Å². The highest BCUT2D eigenvalue weighted by molar-refractivity contribution is 6.10. The summed E-state index contributed by atoms with van der Waals surface area (Å²) in [4.78, 5) is 28.2. The number of fused-ring (bicyclic) bond motifs is 2. The summed E-state index contributed by atoms with van der Waals surface area (Å²) in [7, 11) is 0. The first-order valence-electron chi connectivity index (χ1n) is 9.39. The summed E-state index contributed by atoms with van der Waals surface area (Å²) in [6, 6.07) is 16.2. The Hall–Kier alpha value is -3.93. The van der Waals surface area contributed by atoms with Crippen molar-refractivity contribution < 1.29 is 18.7 Å². The third kappa shape index (κ3) is 2.69. The number of aryl methyl sites for hydroxylation is 1. The molecule has 1 N–H and O–H groups in total. The zero-order valence-electron chi connectivity index (χ0n) is 15.9. The van der Waals surface area contributed by atoms with Gasteiger partial charge in [0.05, 0.1) is 17.0 Å². The van der Waals surface area contributed by atoms with Crippen LogP contribution in [0.1, 0.15) is 33.3 Å². The number of carbonyl (C=O) groups excluding carboxylic acids is 1. The molecular weight excluding hydrogens is 385 g/mol. The molecule has 4 aromatic rings. The normalized spacial score (nSPS) is 15.6. The number of rotatable bonds is 2. The van der Waals surface area contributed by atoms with Gasteiger partial charge in [-0.15, -0.1) is 0 Å². The minimum Gasteiger partial charge on any atom is -0.508 e. The molecule has 0 radical (unpaired) electrons. The molecule has 1 unspecified atom stereocenters. The van der Waals surface area contributed by atoms with Crippen molar-refractivity contribution in [2.45, 2.75) is 13.0 Å². The highest BCUT2D eigenvalue weighted by Gasteiger charge is 2.43. The van der Waals surface area contributed by atoms with Crippen molar-refractivity contribution in [1.29, 1.82) is 0 Å². The molecule has 6 heteroatoms. The number of hydrogen-bond donors (Lipinski definition) is 1. The van der Waals surface area contributed by atoms with Crippen molar-refractivity contribution in [3.8, 4) is 5.75 Å². The number of anilines is 1. The van der Waals surface area contributed by atoms with Crippen LogP contribution in [-0.2, 0) is 0 Å². The molecule has 30 heavy (non-hydrogen) atoms. The topological polar surface area (TPSA) is 70.8 Å². The quantitative estimate of drug-likeness (QED) is 0.529. The molecule has 2 heterocycles. The minimum absolute atomic E-state index is 0.00785. The molecular formula is C24H16FNO4. The molecule has 1 amide bonds. The largest absolute Gasteiger partial charge is 0.508 e. The van der Waals surface area contributed by atoms with Crippen molar-refractivity contribution in [2.24, 2.45) is 0 Å². The fourth-order valence-corrected chi connectivity index (χ4v) is 3.96. The first-order valence-corrected chi connectivity index (χ1v) is 9.39. The van der Waals surface area contributed by atoms with Gasteiger partial charge < -0.3 is 9.52 Å². The Morgan fingerprint density at radius 2 is 1.77 bits per heavy atom. The van der Waals surface area contributed by atoms with E-state index in [0.29, 0.717) is 22.2 Å². The number of phenolic OH excluding ortho intramolecular Hbond substituents is 1. The van der Waals surface area contributed by atoms with E-state index in [1.807, 2.05) is 13.0 Å². The Morgan fingerprint density at radius 3 is 2.50 bits per heavy atom. The Bertz CT molecular complexity index is 1370. The maximum absolute atomic E-state index is 13.5. The molecule has 0 saturated heterocycles. The van der Waals surface area contributed by atoms with Gasteiger partial charge in [-0.3, -0.25) is 14.5 Å². The average molecular weight is 401 g/mol. The third-order valence-electron chi connectivity index (χ3n) is 5.32. The summed E-state index contributed by atoms with van der Waals surface area (Å²) in [5.41, 5.74) is 2.08. The second-order valence-electron chi connectivity index (χ2n) is 7.32. The second kappa shape index (κ2) is 6.56. The van der Waals surface area contributed by atoms with Gasteiger partial charge in [0.15, 0.2) is 5.43 Å². The van der Waals surface area contributed by atoms with E-state index in [1.54, 1.807) is 24.3 Å². The van der Waals surface area contributed by atoms with Gasteiger partial charge in [-0.2, -0.15) is 0 Å². The van der Waals surface area contributed by atoms with Crippen LogP contribution in [0.25, 0.3) is 11.0 Å². The molecule has 0 bridgehead atoms. The van der Waals surface area contributed by atoms with Gasteiger partial charge in [0, 0.05) is 5.69 Å². The minimum atomic E-state index is -0.814. The van der Waals surface area contributed by atoms with E-state index in [1.165, 1.54) is 41.3 Å². The molecule has 1 aliphatic heterocycles. The van der Waals surface area contributed by atoms with Crippen LogP contribution in [-0.4, -0.2) is 11.0 Å². The van der Waals surface area contributed by atoms with Crippen LogP contribution >= 0.6 is 0 Å². The Labute approximate surface area is 170 Å². The van der Waals surface area contributed by atoms with Gasteiger partial charge in [-0.25, -0.2) is 4.39 Å². The van der Waals surface area contributed by atoms with Gasteiger partial charge in [0.2, 0.25) is 5.76 Å². The SMILES string of the molecule is Cc1ccc2oc3c(c(=O)c2c1)C(c1cccc(O)c1)N(c1ccc(F)cc1)C3=O. The number of amides is 1. The zero-order valence-corrected chi connectivity index (χ0v) is 15.9. The van der Waals surface area contributed by atoms with Crippen LogP contribution in [0.3, 0.4) is 0 Å². The molecule has 5 rings (SSSR count). The predicted octanol–water partition coefficient (Wildman–Crippen LogP) is 4.70. The Kier molecular flexibility index (Phi) is 3.96. The van der Waals surface area contributed by atoms with E-state index in [-0.39, 0.29) is 22.5 Å². The van der Waals surface area contributed by atoms with Crippen molar-refractivity contribution in [1.82, 2.24) is 0 Å². The summed E-state index contributed by atoms with van der Waals surface area (Å²) >= 11 is 0. The second-order valence-corrected chi connectivity index (χ2v) is 7.32. The summed E-state index contributed by atoms with van der Waals surface area (Å²) in [6.07, 6.45) is 0. The standard InChI is InChI=1S/C24H16FNO4/c1-13-5-10-19-18(11-13)22(28)20-21(14-3-2-4-17(27)12-14)26(24(29)23(20)30-19)16-8-6-15(25)7-9-16/h2-12,21,27H,1H3. The molecule has 1 aromatic heterocycles. The molecule has 5 nitrogen and oxygen atoms in total. The number of aromatic hydroxyl groups is 1. The Balaban J connectivity index is 1.83. The monoisotopic (exact) mass is 401 g/mol. The molecule has 3 aromatic carbocycles. The van der Waals surface area contributed by atoms with Crippen LogP contribution in [0, 0.1) is 12.7 Å². The van der Waals surface area contributed by atoms with Crippen LogP contribution in [0.5, 0.6) is 5.75 Å². The first kappa shape index (κ1) is 18.1. The number of carbonyl (C=O) groups is 1. The molecule has 1 atom stereocenters. The van der Waals surface area contributed by atoms with Crippen molar-refractivity contribution in [3.05, 3.63) is 105 Å². The van der Waals surface area contributed by atoms with Gasteiger partial charge in [0.25, 0.3) is 5.91 Å². The lowest BCUT2D eigenvalue weighted by Gasteiger charge is -2.25. The van der Waals surface area contributed by atoms with Gasteiger partial charge in [-0.05, 0) is 61.0 Å². The predicted molar refractivity (Wildman–Crippen MR) is 110 cm³/mol. The van der Waals surface area contributed by atoms with E-state index in [9.17, 15) is 19.1 Å². The summed E-state index contributed by atoms with van der Waals surface area (Å²) in [5, 5.41) is 10.4. The number of phenols is 1. The van der Waals surface area contributed by atoms with Crippen molar-refractivity contribution in [3.63, 3.8) is 0 Å². The van der Waals surface area contributed by atoms with E-state index in [2.05, 4.69) is 0 Å². The maximum atomic E-state index is 13.5. The van der Waals surface area contributed by atoms with E-state index >= 15 is 0 Å². The van der Waals surface area contributed by atoms with Crippen LogP contribution in [0.2, 0.25) is 0 Å². The lowest BCUT2D eigenvalue weighted by molar-refractivity contribution is 0.0971. The molecule has 148 valence electrons. The molecule has 0 fully saturated rings. The summed E-state index contributed by atoms with van der Waals surface area (Å²) < 4.78 is 19.4.